The van der Waals surface area contributed by atoms with Gasteiger partial charge < -0.3 is 10.6 Å². The predicted molar refractivity (Wildman–Crippen MR) is 90.1 cm³/mol. The van der Waals surface area contributed by atoms with Crippen molar-refractivity contribution in [1.29, 1.82) is 0 Å². The van der Waals surface area contributed by atoms with Crippen LogP contribution in [0.4, 0.5) is 11.4 Å². The third kappa shape index (κ3) is 2.18. The van der Waals surface area contributed by atoms with E-state index in [9.17, 15) is 4.79 Å². The van der Waals surface area contributed by atoms with Crippen molar-refractivity contribution in [2.45, 2.75) is 13.3 Å². The first kappa shape index (κ1) is 13.4. The summed E-state index contributed by atoms with van der Waals surface area (Å²) in [6.07, 6.45) is 0.870. The van der Waals surface area contributed by atoms with Gasteiger partial charge in [0.05, 0.1) is 5.56 Å². The molecule has 1 aliphatic heterocycles. The van der Waals surface area contributed by atoms with Crippen LogP contribution in [0.15, 0.2) is 36.4 Å². The Hall–Kier alpha value is -1.56. The van der Waals surface area contributed by atoms with E-state index in [4.69, 9.17) is 5.73 Å². The second-order valence-corrected chi connectivity index (χ2v) is 6.11. The van der Waals surface area contributed by atoms with Crippen molar-refractivity contribution >= 4 is 39.9 Å². The van der Waals surface area contributed by atoms with Gasteiger partial charge in [0.25, 0.3) is 5.91 Å². The quantitative estimate of drug-likeness (QED) is 0.611. The second kappa shape index (κ2) is 5.09. The van der Waals surface area contributed by atoms with Gasteiger partial charge in [0.15, 0.2) is 0 Å². The molecule has 0 radical (unpaired) electrons. The summed E-state index contributed by atoms with van der Waals surface area (Å²) in [4.78, 5) is 14.6. The molecule has 4 heteroatoms. The molecule has 102 valence electrons. The van der Waals surface area contributed by atoms with Crippen LogP contribution >= 0.6 is 22.6 Å². The summed E-state index contributed by atoms with van der Waals surface area (Å²) in [5.41, 5.74) is 10.6. The maximum absolute atomic E-state index is 12.8. The van der Waals surface area contributed by atoms with Crippen molar-refractivity contribution in [2.24, 2.45) is 0 Å². The van der Waals surface area contributed by atoms with E-state index in [1.807, 2.05) is 48.2 Å². The molecule has 0 aliphatic carbocycles. The van der Waals surface area contributed by atoms with E-state index in [1.165, 1.54) is 0 Å². The summed E-state index contributed by atoms with van der Waals surface area (Å²) < 4.78 is 1.03. The highest BCUT2D eigenvalue weighted by atomic mass is 127. The minimum Gasteiger partial charge on any atom is -0.399 e. The molecule has 0 aromatic heterocycles. The molecule has 3 nitrogen and oxygen atoms in total. The van der Waals surface area contributed by atoms with Gasteiger partial charge in [-0.15, -0.1) is 0 Å². The number of halogens is 1. The van der Waals surface area contributed by atoms with E-state index in [2.05, 4.69) is 22.6 Å². The number of nitrogens with zero attached hydrogens (tertiary/aromatic N) is 1. The summed E-state index contributed by atoms with van der Waals surface area (Å²) in [6.45, 7) is 2.75. The third-order valence-corrected chi connectivity index (χ3v) is 5.10. The van der Waals surface area contributed by atoms with Gasteiger partial charge in [0, 0.05) is 21.5 Å². The Labute approximate surface area is 131 Å². The van der Waals surface area contributed by atoms with Crippen LogP contribution < -0.4 is 10.6 Å². The lowest BCUT2D eigenvalue weighted by Gasteiger charge is -2.19. The molecular formula is C16H15IN2O. The second-order valence-electron chi connectivity index (χ2n) is 5.03. The topological polar surface area (TPSA) is 46.3 Å². The first-order valence-corrected chi connectivity index (χ1v) is 7.61. The van der Waals surface area contributed by atoms with Crippen molar-refractivity contribution in [1.82, 2.24) is 0 Å². The highest BCUT2D eigenvalue weighted by Gasteiger charge is 2.26. The van der Waals surface area contributed by atoms with Crippen LogP contribution in [-0.4, -0.2) is 12.5 Å². The molecule has 20 heavy (non-hydrogen) atoms. The highest BCUT2D eigenvalue weighted by molar-refractivity contribution is 14.1. The molecule has 1 aliphatic rings. The zero-order chi connectivity index (χ0) is 14.3. The molecule has 0 bridgehead atoms. The summed E-state index contributed by atoms with van der Waals surface area (Å²) in [5.74, 6) is 0.0709. The highest BCUT2D eigenvalue weighted by Crippen LogP contribution is 2.31. The summed E-state index contributed by atoms with van der Waals surface area (Å²) in [5, 5.41) is 0. The van der Waals surface area contributed by atoms with Gasteiger partial charge in [-0.1, -0.05) is 12.1 Å². The van der Waals surface area contributed by atoms with Gasteiger partial charge in [-0.05, 0) is 71.3 Å². The van der Waals surface area contributed by atoms with Crippen LogP contribution in [-0.2, 0) is 6.42 Å². The van der Waals surface area contributed by atoms with Gasteiger partial charge in [-0.25, -0.2) is 0 Å². The van der Waals surface area contributed by atoms with Crippen LogP contribution in [0, 0.1) is 10.5 Å². The Bertz CT molecular complexity index is 697. The fourth-order valence-corrected chi connectivity index (χ4v) is 3.18. The van der Waals surface area contributed by atoms with Gasteiger partial charge in [0.1, 0.15) is 0 Å². The Morgan fingerprint density at radius 2 is 2.10 bits per heavy atom. The van der Waals surface area contributed by atoms with Gasteiger partial charge in [0.2, 0.25) is 0 Å². The Morgan fingerprint density at radius 1 is 1.30 bits per heavy atom. The number of nitrogen functional groups attached to an aromatic ring is 1. The van der Waals surface area contributed by atoms with Gasteiger partial charge in [-0.3, -0.25) is 4.79 Å². The van der Waals surface area contributed by atoms with E-state index in [0.717, 1.165) is 44.6 Å². The molecular weight excluding hydrogens is 363 g/mol. The van der Waals surface area contributed by atoms with Crippen molar-refractivity contribution < 1.29 is 4.79 Å². The zero-order valence-electron chi connectivity index (χ0n) is 11.2. The normalized spacial score (nSPS) is 13.4. The molecule has 0 unspecified atom stereocenters. The van der Waals surface area contributed by atoms with Crippen LogP contribution in [0.25, 0.3) is 0 Å². The SMILES string of the molecule is Cc1cccc(C(=O)N2CCc3cc(N)ccc32)c1I. The first-order valence-electron chi connectivity index (χ1n) is 6.53. The number of anilines is 2. The first-order chi connectivity index (χ1) is 9.58. The molecule has 2 N–H and O–H groups in total. The van der Waals surface area contributed by atoms with E-state index in [-0.39, 0.29) is 5.91 Å². The number of nitrogens with two attached hydrogens (primary N) is 1. The molecule has 0 fully saturated rings. The fourth-order valence-electron chi connectivity index (χ4n) is 2.59. The molecule has 0 atom stereocenters. The van der Waals surface area contributed by atoms with Crippen molar-refractivity contribution in [3.8, 4) is 0 Å². The number of fused-ring (bicyclic) bond motifs is 1. The molecule has 2 aromatic carbocycles. The smallest absolute Gasteiger partial charge is 0.259 e. The Morgan fingerprint density at radius 3 is 2.90 bits per heavy atom. The molecule has 0 spiro atoms. The summed E-state index contributed by atoms with van der Waals surface area (Å²) >= 11 is 2.24. The number of amides is 1. The predicted octanol–water partition coefficient (Wildman–Crippen LogP) is 3.38. The minimum atomic E-state index is 0.0709. The number of rotatable bonds is 1. The van der Waals surface area contributed by atoms with Crippen molar-refractivity contribution in [2.75, 3.05) is 17.2 Å². The summed E-state index contributed by atoms with van der Waals surface area (Å²) in [7, 11) is 0. The molecule has 1 amide bonds. The van der Waals surface area contributed by atoms with E-state index < -0.39 is 0 Å². The minimum absolute atomic E-state index is 0.0709. The standard InChI is InChI=1S/C16H15IN2O/c1-10-3-2-4-13(15(10)17)16(20)19-8-7-11-9-12(18)5-6-14(11)19/h2-6,9H,7-8,18H2,1H3. The van der Waals surface area contributed by atoms with Crippen molar-refractivity contribution in [3.63, 3.8) is 0 Å². The Kier molecular flexibility index (Phi) is 3.41. The molecule has 3 rings (SSSR count). The lowest BCUT2D eigenvalue weighted by atomic mass is 10.1. The Balaban J connectivity index is 2.00. The number of hydrogen-bond acceptors (Lipinski definition) is 2. The van der Waals surface area contributed by atoms with Crippen LogP contribution in [0.1, 0.15) is 21.5 Å². The lowest BCUT2D eigenvalue weighted by molar-refractivity contribution is 0.0988. The maximum atomic E-state index is 12.8. The third-order valence-electron chi connectivity index (χ3n) is 3.67. The van der Waals surface area contributed by atoms with E-state index in [1.54, 1.807) is 0 Å². The summed E-state index contributed by atoms with van der Waals surface area (Å²) in [6, 6.07) is 11.6. The number of benzene rings is 2. The molecule has 1 heterocycles. The van der Waals surface area contributed by atoms with Crippen LogP contribution in [0.2, 0.25) is 0 Å². The van der Waals surface area contributed by atoms with Crippen LogP contribution in [0.3, 0.4) is 0 Å². The van der Waals surface area contributed by atoms with Crippen LogP contribution in [0.5, 0.6) is 0 Å². The average molecular weight is 378 g/mol. The number of carbonyl (C=O) groups excluding carboxylic acids is 1. The van der Waals surface area contributed by atoms with Gasteiger partial charge >= 0.3 is 0 Å². The number of hydrogen-bond donors (Lipinski definition) is 1. The largest absolute Gasteiger partial charge is 0.399 e. The lowest BCUT2D eigenvalue weighted by Crippen LogP contribution is -2.29. The van der Waals surface area contributed by atoms with E-state index in [0.29, 0.717) is 0 Å². The van der Waals surface area contributed by atoms with Crippen molar-refractivity contribution in [3.05, 3.63) is 56.7 Å². The fraction of sp³-hybridized carbons (Fsp3) is 0.188. The molecule has 2 aromatic rings. The van der Waals surface area contributed by atoms with Gasteiger partial charge in [-0.2, -0.15) is 0 Å². The monoisotopic (exact) mass is 378 g/mol. The average Bonchev–Trinajstić information content (AvgIpc) is 2.84. The molecule has 0 saturated carbocycles. The number of aryl methyl sites for hydroxylation is 1. The number of carbonyl (C=O) groups is 1. The van der Waals surface area contributed by atoms with E-state index >= 15 is 0 Å². The zero-order valence-corrected chi connectivity index (χ0v) is 13.3. The molecule has 0 saturated heterocycles. The maximum Gasteiger partial charge on any atom is 0.259 e.